The van der Waals surface area contributed by atoms with Gasteiger partial charge < -0.3 is 5.73 Å². The molecule has 0 heterocycles. The van der Waals surface area contributed by atoms with Crippen LogP contribution in [0.5, 0.6) is 0 Å². The van der Waals surface area contributed by atoms with Crippen LogP contribution in [0.2, 0.25) is 0 Å². The topological polar surface area (TPSA) is 26.0 Å². The number of fused-ring (bicyclic) bond motifs is 1. The van der Waals surface area contributed by atoms with Crippen molar-refractivity contribution < 1.29 is 0 Å². The van der Waals surface area contributed by atoms with E-state index in [9.17, 15) is 0 Å². The predicted octanol–water partition coefficient (Wildman–Crippen LogP) is 3.06. The van der Waals surface area contributed by atoms with Gasteiger partial charge in [-0.2, -0.15) is 0 Å². The van der Waals surface area contributed by atoms with Gasteiger partial charge in [0.25, 0.3) is 0 Å². The molecule has 0 unspecified atom stereocenters. The zero-order valence-corrected chi connectivity index (χ0v) is 9.80. The number of aryl methyl sites for hydroxylation is 2. The summed E-state index contributed by atoms with van der Waals surface area (Å²) in [5.41, 5.74) is 11.4. The van der Waals surface area contributed by atoms with Crippen molar-refractivity contribution in [3.63, 3.8) is 0 Å². The molecular formula is C14H19N. The van der Waals surface area contributed by atoms with Crippen molar-refractivity contribution in [1.82, 2.24) is 0 Å². The van der Waals surface area contributed by atoms with E-state index in [2.05, 4.69) is 45.0 Å². The normalized spacial score (nSPS) is 15.9. The minimum atomic E-state index is -0.232. The van der Waals surface area contributed by atoms with Gasteiger partial charge in [0.05, 0.1) is 0 Å². The van der Waals surface area contributed by atoms with Crippen molar-refractivity contribution in [3.05, 3.63) is 41.0 Å². The second-order valence-corrected chi connectivity index (χ2v) is 5.04. The first-order chi connectivity index (χ1) is 6.98. The van der Waals surface area contributed by atoms with E-state index >= 15 is 0 Å². The third-order valence-electron chi connectivity index (χ3n) is 3.01. The minimum Gasteiger partial charge on any atom is -0.322 e. The lowest BCUT2D eigenvalue weighted by Gasteiger charge is -2.28. The Labute approximate surface area is 92.0 Å². The van der Waals surface area contributed by atoms with Gasteiger partial charge in [0, 0.05) is 5.54 Å². The van der Waals surface area contributed by atoms with E-state index in [-0.39, 0.29) is 5.54 Å². The summed E-state index contributed by atoms with van der Waals surface area (Å²) in [5.74, 6) is 0. The number of benzene rings is 1. The van der Waals surface area contributed by atoms with Crippen LogP contribution < -0.4 is 5.73 Å². The van der Waals surface area contributed by atoms with E-state index in [1.807, 2.05) is 0 Å². The summed E-state index contributed by atoms with van der Waals surface area (Å²) in [7, 11) is 0. The molecule has 0 saturated heterocycles. The van der Waals surface area contributed by atoms with E-state index in [4.69, 9.17) is 5.73 Å². The van der Waals surface area contributed by atoms with Crippen LogP contribution in [0, 0.1) is 6.92 Å². The van der Waals surface area contributed by atoms with Crippen molar-refractivity contribution in [3.8, 4) is 0 Å². The summed E-state index contributed by atoms with van der Waals surface area (Å²) < 4.78 is 0. The van der Waals surface area contributed by atoms with Crippen LogP contribution in [0.3, 0.4) is 0 Å². The zero-order chi connectivity index (χ0) is 11.1. The average Bonchev–Trinajstić information content (AvgIpc) is 2.15. The highest BCUT2D eigenvalue weighted by Gasteiger charge is 2.23. The molecule has 0 amide bonds. The van der Waals surface area contributed by atoms with Gasteiger partial charge >= 0.3 is 0 Å². The first kappa shape index (κ1) is 10.4. The van der Waals surface area contributed by atoms with Gasteiger partial charge in [-0.3, -0.25) is 0 Å². The summed E-state index contributed by atoms with van der Waals surface area (Å²) in [6, 6.07) is 6.67. The zero-order valence-electron chi connectivity index (χ0n) is 9.80. The highest BCUT2D eigenvalue weighted by Crippen LogP contribution is 2.33. The fourth-order valence-corrected chi connectivity index (χ4v) is 2.28. The third-order valence-corrected chi connectivity index (χ3v) is 3.01. The quantitative estimate of drug-likeness (QED) is 0.742. The van der Waals surface area contributed by atoms with Gasteiger partial charge in [0.1, 0.15) is 0 Å². The Kier molecular flexibility index (Phi) is 2.43. The Morgan fingerprint density at radius 3 is 2.67 bits per heavy atom. The van der Waals surface area contributed by atoms with E-state index in [0.717, 1.165) is 12.8 Å². The van der Waals surface area contributed by atoms with Crippen LogP contribution in [0.4, 0.5) is 0 Å². The first-order valence-electron chi connectivity index (χ1n) is 5.58. The highest BCUT2D eigenvalue weighted by molar-refractivity contribution is 5.76. The Bertz CT molecular complexity index is 408. The minimum absolute atomic E-state index is 0.232. The Morgan fingerprint density at radius 1 is 1.27 bits per heavy atom. The van der Waals surface area contributed by atoms with E-state index in [0.29, 0.717) is 0 Å². The molecule has 1 aliphatic carbocycles. The molecule has 2 N–H and O–H groups in total. The van der Waals surface area contributed by atoms with Crippen molar-refractivity contribution in [2.24, 2.45) is 5.73 Å². The smallest absolute Gasteiger partial charge is 0.0355 e. The Balaban J connectivity index is 2.52. The molecule has 15 heavy (non-hydrogen) atoms. The highest BCUT2D eigenvalue weighted by atomic mass is 14.7. The Morgan fingerprint density at radius 2 is 2.00 bits per heavy atom. The lowest BCUT2D eigenvalue weighted by molar-refractivity contribution is 0.667. The second-order valence-electron chi connectivity index (χ2n) is 5.04. The number of hydrogen-bond donors (Lipinski definition) is 1. The van der Waals surface area contributed by atoms with Gasteiger partial charge in [-0.15, -0.1) is 0 Å². The predicted molar refractivity (Wildman–Crippen MR) is 65.7 cm³/mol. The lowest BCUT2D eigenvalue weighted by Crippen LogP contribution is -2.34. The molecule has 0 radical (unpaired) electrons. The maximum Gasteiger partial charge on any atom is 0.0355 e. The van der Waals surface area contributed by atoms with E-state index < -0.39 is 0 Å². The molecule has 0 aliphatic heterocycles. The van der Waals surface area contributed by atoms with E-state index in [1.54, 1.807) is 0 Å². The van der Waals surface area contributed by atoms with Gasteiger partial charge in [-0.05, 0) is 50.3 Å². The number of hydrogen-bond acceptors (Lipinski definition) is 1. The maximum absolute atomic E-state index is 6.19. The summed E-state index contributed by atoms with van der Waals surface area (Å²) >= 11 is 0. The van der Waals surface area contributed by atoms with E-state index in [1.165, 1.54) is 22.3 Å². The first-order valence-corrected chi connectivity index (χ1v) is 5.58. The molecule has 0 spiro atoms. The van der Waals surface area contributed by atoms with Gasteiger partial charge in [0.15, 0.2) is 0 Å². The standard InChI is InChI=1S/C14H19N/c1-10-7-8-12-11(9-10)5-4-6-13(12)14(2,3)15/h6-9H,4-5,15H2,1-3H3. The van der Waals surface area contributed by atoms with Crippen LogP contribution in [0.15, 0.2) is 24.3 Å². The molecule has 1 heteroatoms. The molecule has 2 rings (SSSR count). The molecule has 0 bridgehead atoms. The maximum atomic E-state index is 6.19. The molecule has 1 aliphatic rings. The van der Waals surface area contributed by atoms with Crippen molar-refractivity contribution in [1.29, 1.82) is 0 Å². The molecule has 0 atom stereocenters. The van der Waals surface area contributed by atoms with Crippen molar-refractivity contribution >= 4 is 5.57 Å². The number of allylic oxidation sites excluding steroid dienone is 1. The second kappa shape index (κ2) is 3.49. The molecule has 1 aromatic rings. The molecule has 1 aromatic carbocycles. The monoisotopic (exact) mass is 201 g/mol. The van der Waals surface area contributed by atoms with Crippen LogP contribution >= 0.6 is 0 Å². The van der Waals surface area contributed by atoms with Crippen molar-refractivity contribution in [2.45, 2.75) is 39.2 Å². The summed E-state index contributed by atoms with van der Waals surface area (Å²) in [4.78, 5) is 0. The number of rotatable bonds is 1. The molecule has 1 nitrogen and oxygen atoms in total. The van der Waals surface area contributed by atoms with Crippen LogP contribution in [0.25, 0.3) is 5.57 Å². The van der Waals surface area contributed by atoms with Crippen molar-refractivity contribution in [2.75, 3.05) is 0 Å². The third kappa shape index (κ3) is 1.98. The largest absolute Gasteiger partial charge is 0.322 e. The molecule has 0 fully saturated rings. The van der Waals surface area contributed by atoms with Crippen LogP contribution in [-0.4, -0.2) is 5.54 Å². The Hall–Kier alpha value is -1.08. The SMILES string of the molecule is Cc1ccc2c(c1)CCC=C2C(C)(C)N. The molecular weight excluding hydrogens is 182 g/mol. The molecule has 80 valence electrons. The lowest BCUT2D eigenvalue weighted by atomic mass is 9.81. The van der Waals surface area contributed by atoms with Gasteiger partial charge in [0.2, 0.25) is 0 Å². The fourth-order valence-electron chi connectivity index (χ4n) is 2.28. The fraction of sp³-hybridized carbons (Fsp3) is 0.429. The summed E-state index contributed by atoms with van der Waals surface area (Å²) in [5, 5.41) is 0. The van der Waals surface area contributed by atoms with Crippen LogP contribution in [-0.2, 0) is 6.42 Å². The van der Waals surface area contributed by atoms with Gasteiger partial charge in [-0.25, -0.2) is 0 Å². The summed E-state index contributed by atoms with van der Waals surface area (Å²) in [6.07, 6.45) is 4.56. The van der Waals surface area contributed by atoms with Gasteiger partial charge in [-0.1, -0.05) is 29.8 Å². The summed E-state index contributed by atoms with van der Waals surface area (Å²) in [6.45, 7) is 6.30. The van der Waals surface area contributed by atoms with Crippen LogP contribution in [0.1, 0.15) is 37.0 Å². The molecule has 0 saturated carbocycles. The average molecular weight is 201 g/mol. The molecule has 0 aromatic heterocycles. The number of nitrogens with two attached hydrogens (primary N) is 1.